The fourth-order valence-corrected chi connectivity index (χ4v) is 2.42. The van der Waals surface area contributed by atoms with Gasteiger partial charge in [0.1, 0.15) is 5.75 Å². The van der Waals surface area contributed by atoms with Gasteiger partial charge in [-0.15, -0.1) is 0 Å². The van der Waals surface area contributed by atoms with Crippen molar-refractivity contribution in [3.05, 3.63) is 78.4 Å². The molecule has 1 heteroatoms. The first-order valence-electron chi connectivity index (χ1n) is 6.69. The minimum atomic E-state index is 0.312. The lowest BCUT2D eigenvalue weighted by molar-refractivity contribution is 0.475. The van der Waals surface area contributed by atoms with Crippen molar-refractivity contribution in [1.82, 2.24) is 0 Å². The molecule has 0 atom stereocenters. The second-order valence-corrected chi connectivity index (χ2v) is 5.00. The summed E-state index contributed by atoms with van der Waals surface area (Å²) in [6.45, 7) is 1.99. The van der Waals surface area contributed by atoms with Gasteiger partial charge in [-0.2, -0.15) is 0 Å². The Hall–Kier alpha value is -2.54. The molecule has 0 aliphatic carbocycles. The fraction of sp³-hybridized carbons (Fsp3) is 0.0526. The van der Waals surface area contributed by atoms with Crippen molar-refractivity contribution in [1.29, 1.82) is 0 Å². The molecule has 3 aromatic rings. The smallest absolute Gasteiger partial charge is 0.116 e. The second kappa shape index (κ2) is 5.22. The Morgan fingerprint density at radius 3 is 1.75 bits per heavy atom. The van der Waals surface area contributed by atoms with Crippen molar-refractivity contribution >= 4 is 0 Å². The number of phenols is 1. The van der Waals surface area contributed by atoms with Crippen LogP contribution >= 0.6 is 0 Å². The number of hydrogen-bond donors (Lipinski definition) is 1. The quantitative estimate of drug-likeness (QED) is 0.684. The third-order valence-electron chi connectivity index (χ3n) is 3.39. The summed E-state index contributed by atoms with van der Waals surface area (Å²) in [5.74, 6) is 0.312. The van der Waals surface area contributed by atoms with Crippen molar-refractivity contribution in [3.63, 3.8) is 0 Å². The average Bonchev–Trinajstić information content (AvgIpc) is 2.47. The number of aromatic hydroxyl groups is 1. The molecule has 3 aromatic carbocycles. The van der Waals surface area contributed by atoms with Gasteiger partial charge in [0.15, 0.2) is 0 Å². The van der Waals surface area contributed by atoms with E-state index in [1.165, 1.54) is 11.1 Å². The number of rotatable bonds is 2. The molecule has 0 spiro atoms. The molecule has 0 fully saturated rings. The molecule has 98 valence electrons. The van der Waals surface area contributed by atoms with Gasteiger partial charge in [0.05, 0.1) is 0 Å². The summed E-state index contributed by atoms with van der Waals surface area (Å²) in [6, 6.07) is 24.4. The summed E-state index contributed by atoms with van der Waals surface area (Å²) < 4.78 is 0. The monoisotopic (exact) mass is 260 g/mol. The Morgan fingerprint density at radius 2 is 1.15 bits per heavy atom. The van der Waals surface area contributed by atoms with E-state index in [2.05, 4.69) is 42.5 Å². The Kier molecular flexibility index (Phi) is 3.26. The first-order chi connectivity index (χ1) is 9.72. The zero-order valence-electron chi connectivity index (χ0n) is 11.4. The Labute approximate surface area is 119 Å². The van der Waals surface area contributed by atoms with Crippen LogP contribution in [0.4, 0.5) is 0 Å². The van der Waals surface area contributed by atoms with Crippen LogP contribution in [0.5, 0.6) is 5.75 Å². The molecule has 1 nitrogen and oxygen atoms in total. The van der Waals surface area contributed by atoms with Gasteiger partial charge in [0.25, 0.3) is 0 Å². The van der Waals surface area contributed by atoms with E-state index in [0.29, 0.717) is 5.75 Å². The number of hydrogen-bond acceptors (Lipinski definition) is 1. The second-order valence-electron chi connectivity index (χ2n) is 5.00. The van der Waals surface area contributed by atoms with Crippen LogP contribution in [-0.2, 0) is 0 Å². The van der Waals surface area contributed by atoms with Crippen LogP contribution in [0.2, 0.25) is 0 Å². The first-order valence-corrected chi connectivity index (χ1v) is 6.69. The molecule has 0 saturated carbocycles. The van der Waals surface area contributed by atoms with E-state index >= 15 is 0 Å². The van der Waals surface area contributed by atoms with Crippen LogP contribution in [0.15, 0.2) is 72.8 Å². The van der Waals surface area contributed by atoms with Gasteiger partial charge in [-0.1, -0.05) is 60.7 Å². The highest BCUT2D eigenvalue weighted by Crippen LogP contribution is 2.27. The standard InChI is InChI=1S/C19H16O/c1-14-11-18(13-19(20)12-14)17-9-7-16(8-10-17)15-5-3-2-4-6-15/h2-13,20H,1H3. The van der Waals surface area contributed by atoms with Crippen LogP contribution in [0.3, 0.4) is 0 Å². The van der Waals surface area contributed by atoms with Gasteiger partial charge in [-0.25, -0.2) is 0 Å². The van der Waals surface area contributed by atoms with Crippen LogP contribution in [0, 0.1) is 6.92 Å². The lowest BCUT2D eigenvalue weighted by atomic mass is 9.99. The van der Waals surface area contributed by atoms with Crippen LogP contribution in [-0.4, -0.2) is 5.11 Å². The highest BCUT2D eigenvalue weighted by molar-refractivity contribution is 5.71. The molecule has 0 saturated heterocycles. The first kappa shape index (κ1) is 12.5. The normalized spacial score (nSPS) is 10.4. The van der Waals surface area contributed by atoms with E-state index in [4.69, 9.17) is 0 Å². The fourth-order valence-electron chi connectivity index (χ4n) is 2.42. The van der Waals surface area contributed by atoms with E-state index < -0.39 is 0 Å². The van der Waals surface area contributed by atoms with Crippen molar-refractivity contribution in [2.75, 3.05) is 0 Å². The van der Waals surface area contributed by atoms with E-state index in [1.54, 1.807) is 12.1 Å². The minimum absolute atomic E-state index is 0.312. The van der Waals surface area contributed by atoms with Crippen molar-refractivity contribution in [2.45, 2.75) is 6.92 Å². The van der Waals surface area contributed by atoms with Gasteiger partial charge < -0.3 is 5.11 Å². The lowest BCUT2D eigenvalue weighted by Crippen LogP contribution is -1.82. The van der Waals surface area contributed by atoms with E-state index in [9.17, 15) is 5.11 Å². The highest BCUT2D eigenvalue weighted by Gasteiger charge is 2.02. The van der Waals surface area contributed by atoms with Gasteiger partial charge in [-0.3, -0.25) is 0 Å². The van der Waals surface area contributed by atoms with Crippen LogP contribution < -0.4 is 0 Å². The predicted molar refractivity (Wildman–Crippen MR) is 83.7 cm³/mol. The maximum Gasteiger partial charge on any atom is 0.116 e. The maximum atomic E-state index is 9.69. The van der Waals surface area contributed by atoms with Gasteiger partial charge in [-0.05, 0) is 46.9 Å². The summed E-state index contributed by atoms with van der Waals surface area (Å²) in [4.78, 5) is 0. The largest absolute Gasteiger partial charge is 0.508 e. The van der Waals surface area contributed by atoms with Gasteiger partial charge in [0, 0.05) is 0 Å². The Balaban J connectivity index is 1.97. The van der Waals surface area contributed by atoms with Crippen LogP contribution in [0.1, 0.15) is 5.56 Å². The van der Waals surface area contributed by atoms with Crippen molar-refractivity contribution in [2.24, 2.45) is 0 Å². The molecule has 0 unspecified atom stereocenters. The van der Waals surface area contributed by atoms with Gasteiger partial charge >= 0.3 is 0 Å². The average molecular weight is 260 g/mol. The lowest BCUT2D eigenvalue weighted by Gasteiger charge is -2.06. The molecule has 0 aromatic heterocycles. The van der Waals surface area contributed by atoms with E-state index in [0.717, 1.165) is 16.7 Å². The highest BCUT2D eigenvalue weighted by atomic mass is 16.3. The summed E-state index contributed by atoms with van der Waals surface area (Å²) in [7, 11) is 0. The summed E-state index contributed by atoms with van der Waals surface area (Å²) >= 11 is 0. The number of aryl methyl sites for hydroxylation is 1. The predicted octanol–water partition coefficient (Wildman–Crippen LogP) is 5.03. The molecule has 0 bridgehead atoms. The molecule has 1 N–H and O–H groups in total. The number of benzene rings is 3. The third-order valence-corrected chi connectivity index (χ3v) is 3.39. The summed E-state index contributed by atoms with van der Waals surface area (Å²) in [6.07, 6.45) is 0. The zero-order chi connectivity index (χ0) is 13.9. The molecule has 3 rings (SSSR count). The molecule has 0 radical (unpaired) electrons. The topological polar surface area (TPSA) is 20.2 Å². The molecule has 0 amide bonds. The van der Waals surface area contributed by atoms with E-state index in [1.807, 2.05) is 25.1 Å². The molecule has 0 aliphatic heterocycles. The molecular weight excluding hydrogens is 244 g/mol. The molecule has 0 heterocycles. The van der Waals surface area contributed by atoms with Crippen molar-refractivity contribution < 1.29 is 5.11 Å². The molecular formula is C19H16O. The Bertz CT molecular complexity index is 692. The van der Waals surface area contributed by atoms with E-state index in [-0.39, 0.29) is 0 Å². The van der Waals surface area contributed by atoms with Crippen molar-refractivity contribution in [3.8, 4) is 28.0 Å². The maximum absolute atomic E-state index is 9.69. The van der Waals surface area contributed by atoms with Crippen LogP contribution in [0.25, 0.3) is 22.3 Å². The summed E-state index contributed by atoms with van der Waals surface area (Å²) in [5.41, 5.74) is 5.63. The number of phenolic OH excluding ortho intramolecular Hbond substituents is 1. The Morgan fingerprint density at radius 1 is 0.600 bits per heavy atom. The molecule has 20 heavy (non-hydrogen) atoms. The summed E-state index contributed by atoms with van der Waals surface area (Å²) in [5, 5.41) is 9.69. The van der Waals surface area contributed by atoms with Gasteiger partial charge in [0.2, 0.25) is 0 Å². The minimum Gasteiger partial charge on any atom is -0.508 e. The SMILES string of the molecule is Cc1cc(O)cc(-c2ccc(-c3ccccc3)cc2)c1. The zero-order valence-corrected chi connectivity index (χ0v) is 11.4. The third kappa shape index (κ3) is 2.57. The molecule has 0 aliphatic rings.